The minimum absolute atomic E-state index is 0.127. The maximum atomic E-state index is 12.6. The van der Waals surface area contributed by atoms with E-state index in [1.807, 2.05) is 0 Å². The smallest absolute Gasteiger partial charge is 0.324 e. The average molecular weight is 369 g/mol. The Balaban J connectivity index is 2.13. The number of rotatable bonds is 2. The molecule has 1 aromatic rings. The van der Waals surface area contributed by atoms with E-state index in [1.54, 1.807) is 11.8 Å². The van der Waals surface area contributed by atoms with Crippen LogP contribution in [0.5, 0.6) is 0 Å². The SMILES string of the molecule is O=C(Nc1cc(C(F)(F)F)ccc1Br)C1CSCCN1. The van der Waals surface area contributed by atoms with Crippen molar-refractivity contribution in [2.45, 2.75) is 12.2 Å². The number of alkyl halides is 3. The van der Waals surface area contributed by atoms with Crippen molar-refractivity contribution in [1.82, 2.24) is 5.32 Å². The van der Waals surface area contributed by atoms with Crippen LogP contribution in [0.25, 0.3) is 0 Å². The van der Waals surface area contributed by atoms with Crippen LogP contribution >= 0.6 is 27.7 Å². The van der Waals surface area contributed by atoms with E-state index in [2.05, 4.69) is 26.6 Å². The monoisotopic (exact) mass is 368 g/mol. The number of carbonyl (C=O) groups excluding carboxylic acids is 1. The Morgan fingerprint density at radius 1 is 1.45 bits per heavy atom. The number of anilines is 1. The fraction of sp³-hybridized carbons (Fsp3) is 0.417. The predicted molar refractivity (Wildman–Crippen MR) is 76.9 cm³/mol. The zero-order valence-electron chi connectivity index (χ0n) is 10.3. The first-order valence-corrected chi connectivity index (χ1v) is 7.81. The van der Waals surface area contributed by atoms with E-state index >= 15 is 0 Å². The summed E-state index contributed by atoms with van der Waals surface area (Å²) in [5, 5.41) is 5.56. The average Bonchev–Trinajstić information content (AvgIpc) is 2.41. The van der Waals surface area contributed by atoms with Gasteiger partial charge in [0.25, 0.3) is 0 Å². The molecule has 110 valence electrons. The lowest BCUT2D eigenvalue weighted by atomic mass is 10.2. The highest BCUT2D eigenvalue weighted by Crippen LogP contribution is 2.34. The lowest BCUT2D eigenvalue weighted by Crippen LogP contribution is -2.46. The molecule has 3 nitrogen and oxygen atoms in total. The predicted octanol–water partition coefficient (Wildman–Crippen LogP) is 3.11. The highest BCUT2D eigenvalue weighted by molar-refractivity contribution is 9.10. The first-order chi connectivity index (χ1) is 9.38. The molecule has 0 spiro atoms. The molecule has 2 rings (SSSR count). The third-order valence-electron chi connectivity index (χ3n) is 2.79. The van der Waals surface area contributed by atoms with Gasteiger partial charge in [-0.15, -0.1) is 0 Å². The number of hydrogen-bond acceptors (Lipinski definition) is 3. The van der Waals surface area contributed by atoms with Crippen molar-refractivity contribution in [3.8, 4) is 0 Å². The summed E-state index contributed by atoms with van der Waals surface area (Å²) >= 11 is 4.78. The molecule has 1 unspecified atom stereocenters. The van der Waals surface area contributed by atoms with Crippen molar-refractivity contribution in [1.29, 1.82) is 0 Å². The maximum absolute atomic E-state index is 12.6. The van der Waals surface area contributed by atoms with Gasteiger partial charge in [0.15, 0.2) is 0 Å². The van der Waals surface area contributed by atoms with Crippen LogP contribution in [0.2, 0.25) is 0 Å². The van der Waals surface area contributed by atoms with Gasteiger partial charge in [0, 0.05) is 22.5 Å². The molecule has 1 heterocycles. The van der Waals surface area contributed by atoms with E-state index in [9.17, 15) is 18.0 Å². The molecule has 8 heteroatoms. The molecule has 0 saturated carbocycles. The third kappa shape index (κ3) is 3.89. The molecule has 0 aromatic heterocycles. The Labute approximate surface area is 126 Å². The van der Waals surface area contributed by atoms with Gasteiger partial charge in [0.2, 0.25) is 5.91 Å². The molecule has 1 amide bonds. The number of nitrogens with one attached hydrogen (secondary N) is 2. The second-order valence-electron chi connectivity index (χ2n) is 4.26. The van der Waals surface area contributed by atoms with Gasteiger partial charge in [-0.1, -0.05) is 0 Å². The molecule has 0 aliphatic carbocycles. The molecule has 1 aromatic carbocycles. The standard InChI is InChI=1S/C12H12BrF3N2OS/c13-8-2-1-7(12(14,15)16)5-9(8)18-11(19)10-6-20-4-3-17-10/h1-2,5,10,17H,3-4,6H2,(H,18,19). The number of benzene rings is 1. The summed E-state index contributed by atoms with van der Waals surface area (Å²) in [6.07, 6.45) is -4.43. The minimum Gasteiger partial charge on any atom is -0.324 e. The van der Waals surface area contributed by atoms with Crippen molar-refractivity contribution < 1.29 is 18.0 Å². The van der Waals surface area contributed by atoms with Crippen LogP contribution in [0.3, 0.4) is 0 Å². The third-order valence-corrected chi connectivity index (χ3v) is 4.54. The number of carbonyl (C=O) groups is 1. The molecular formula is C12H12BrF3N2OS. The summed E-state index contributed by atoms with van der Waals surface area (Å²) in [6.45, 7) is 0.715. The molecule has 1 aliphatic rings. The fourth-order valence-corrected chi connectivity index (χ4v) is 3.03. The van der Waals surface area contributed by atoms with Gasteiger partial charge in [0.1, 0.15) is 0 Å². The van der Waals surface area contributed by atoms with Gasteiger partial charge in [-0.2, -0.15) is 24.9 Å². The van der Waals surface area contributed by atoms with E-state index in [1.165, 1.54) is 6.07 Å². The van der Waals surface area contributed by atoms with Gasteiger partial charge < -0.3 is 10.6 Å². The second-order valence-corrected chi connectivity index (χ2v) is 6.27. The zero-order chi connectivity index (χ0) is 14.8. The topological polar surface area (TPSA) is 41.1 Å². The fourth-order valence-electron chi connectivity index (χ4n) is 1.75. The van der Waals surface area contributed by atoms with Crippen LogP contribution in [0, 0.1) is 0 Å². The quantitative estimate of drug-likeness (QED) is 0.842. The summed E-state index contributed by atoms with van der Waals surface area (Å²) in [4.78, 5) is 12.0. The van der Waals surface area contributed by atoms with E-state index in [0.29, 0.717) is 16.8 Å². The normalized spacial score (nSPS) is 19.7. The van der Waals surface area contributed by atoms with Gasteiger partial charge in [-0.05, 0) is 34.1 Å². The lowest BCUT2D eigenvalue weighted by Gasteiger charge is -2.22. The minimum atomic E-state index is -4.43. The molecule has 1 saturated heterocycles. The maximum Gasteiger partial charge on any atom is 0.416 e. The van der Waals surface area contributed by atoms with Gasteiger partial charge in [-0.25, -0.2) is 0 Å². The molecule has 1 fully saturated rings. The summed E-state index contributed by atoms with van der Waals surface area (Å²) < 4.78 is 38.4. The summed E-state index contributed by atoms with van der Waals surface area (Å²) in [6, 6.07) is 2.80. The first kappa shape index (κ1) is 15.7. The largest absolute Gasteiger partial charge is 0.416 e. The number of thioether (sulfide) groups is 1. The molecule has 0 bridgehead atoms. The highest BCUT2D eigenvalue weighted by atomic mass is 79.9. The molecular weight excluding hydrogens is 357 g/mol. The Morgan fingerprint density at radius 3 is 2.80 bits per heavy atom. The molecule has 1 atom stereocenters. The van der Waals surface area contributed by atoms with Crippen LogP contribution in [-0.4, -0.2) is 30.0 Å². The lowest BCUT2D eigenvalue weighted by molar-refractivity contribution is -0.137. The van der Waals surface area contributed by atoms with Crippen LogP contribution in [0.4, 0.5) is 18.9 Å². The van der Waals surface area contributed by atoms with Crippen LogP contribution in [-0.2, 0) is 11.0 Å². The number of halogens is 4. The Kier molecular flexibility index (Phi) is 4.98. The van der Waals surface area contributed by atoms with Crippen LogP contribution in [0.1, 0.15) is 5.56 Å². The Hall–Kier alpha value is -0.730. The molecule has 2 N–H and O–H groups in total. The summed E-state index contributed by atoms with van der Waals surface area (Å²) in [7, 11) is 0. The Morgan fingerprint density at radius 2 is 2.20 bits per heavy atom. The number of amides is 1. The second kappa shape index (κ2) is 6.36. The van der Waals surface area contributed by atoms with E-state index < -0.39 is 11.7 Å². The van der Waals surface area contributed by atoms with E-state index in [4.69, 9.17) is 0 Å². The van der Waals surface area contributed by atoms with Crippen molar-refractivity contribution in [3.63, 3.8) is 0 Å². The van der Waals surface area contributed by atoms with E-state index in [-0.39, 0.29) is 17.6 Å². The van der Waals surface area contributed by atoms with Crippen LogP contribution in [0.15, 0.2) is 22.7 Å². The zero-order valence-corrected chi connectivity index (χ0v) is 12.7. The van der Waals surface area contributed by atoms with Gasteiger partial charge in [-0.3, -0.25) is 4.79 Å². The Bertz CT molecular complexity index is 504. The van der Waals surface area contributed by atoms with Gasteiger partial charge in [0.05, 0.1) is 17.3 Å². The molecule has 0 radical (unpaired) electrons. The van der Waals surface area contributed by atoms with Crippen LogP contribution < -0.4 is 10.6 Å². The summed E-state index contributed by atoms with van der Waals surface area (Å²) in [5.41, 5.74) is -0.663. The number of hydrogen-bond donors (Lipinski definition) is 2. The summed E-state index contributed by atoms with van der Waals surface area (Å²) in [5.74, 6) is 1.22. The highest BCUT2D eigenvalue weighted by Gasteiger charge is 2.31. The van der Waals surface area contributed by atoms with Crippen molar-refractivity contribution >= 4 is 39.3 Å². The first-order valence-electron chi connectivity index (χ1n) is 5.86. The van der Waals surface area contributed by atoms with Crippen molar-refractivity contribution in [3.05, 3.63) is 28.2 Å². The molecule has 20 heavy (non-hydrogen) atoms. The van der Waals surface area contributed by atoms with Crippen molar-refractivity contribution in [2.24, 2.45) is 0 Å². The van der Waals surface area contributed by atoms with Gasteiger partial charge >= 0.3 is 6.18 Å². The van der Waals surface area contributed by atoms with Crippen molar-refractivity contribution in [2.75, 3.05) is 23.4 Å². The molecule has 1 aliphatic heterocycles. The van der Waals surface area contributed by atoms with E-state index in [0.717, 1.165) is 17.9 Å².